The number of aliphatic carboxylic acids is 1. The zero-order valence-corrected chi connectivity index (χ0v) is 12.6. The Morgan fingerprint density at radius 3 is 2.16 bits per heavy atom. The number of nitrogens with zero attached hydrogens (tertiary/aromatic N) is 1. The van der Waals surface area contributed by atoms with Gasteiger partial charge in [-0.25, -0.2) is 0 Å². The van der Waals surface area contributed by atoms with E-state index in [-0.39, 0.29) is 18.7 Å². The highest BCUT2D eigenvalue weighted by molar-refractivity contribution is 5.76. The number of hydrogen-bond acceptors (Lipinski definition) is 3. The van der Waals surface area contributed by atoms with E-state index in [2.05, 4.69) is 24.1 Å². The molecule has 19 heavy (non-hydrogen) atoms. The van der Waals surface area contributed by atoms with Gasteiger partial charge in [-0.2, -0.15) is 0 Å². The molecule has 0 aliphatic heterocycles. The van der Waals surface area contributed by atoms with E-state index in [0.29, 0.717) is 24.9 Å². The molecule has 0 fully saturated rings. The lowest BCUT2D eigenvalue weighted by Crippen LogP contribution is -2.44. The molecule has 0 saturated heterocycles. The highest BCUT2D eigenvalue weighted by Gasteiger charge is 2.21. The van der Waals surface area contributed by atoms with Crippen LogP contribution in [0.2, 0.25) is 0 Å². The third-order valence-corrected chi connectivity index (χ3v) is 3.56. The standard InChI is InChI=1S/C14H28N2O3/c1-5-11(6-2)12(16(3)4)10-15-13(17)8-7-9-14(18)19/h11-12H,5-10H2,1-4H3,(H,15,17)(H,18,19). The van der Waals surface area contributed by atoms with Crippen molar-refractivity contribution in [2.24, 2.45) is 5.92 Å². The van der Waals surface area contributed by atoms with E-state index < -0.39 is 5.97 Å². The third kappa shape index (κ3) is 7.82. The molecule has 0 aromatic rings. The summed E-state index contributed by atoms with van der Waals surface area (Å²) in [5, 5.41) is 11.4. The molecule has 0 aliphatic carbocycles. The Hall–Kier alpha value is -1.10. The summed E-state index contributed by atoms with van der Waals surface area (Å²) in [6.07, 6.45) is 2.92. The SMILES string of the molecule is CCC(CC)C(CNC(=O)CCCC(=O)O)N(C)C. The van der Waals surface area contributed by atoms with Gasteiger partial charge in [0.05, 0.1) is 0 Å². The molecule has 0 radical (unpaired) electrons. The first kappa shape index (κ1) is 17.9. The average Bonchev–Trinajstić information content (AvgIpc) is 2.33. The van der Waals surface area contributed by atoms with E-state index in [1.54, 1.807) is 0 Å². The van der Waals surface area contributed by atoms with E-state index in [1.807, 2.05) is 14.1 Å². The first-order valence-electron chi connectivity index (χ1n) is 7.07. The summed E-state index contributed by atoms with van der Waals surface area (Å²) in [4.78, 5) is 24.1. The van der Waals surface area contributed by atoms with Crippen molar-refractivity contribution in [3.8, 4) is 0 Å². The summed E-state index contributed by atoms with van der Waals surface area (Å²) in [6, 6.07) is 0.332. The van der Waals surface area contributed by atoms with Crippen LogP contribution in [0.3, 0.4) is 0 Å². The van der Waals surface area contributed by atoms with Crippen molar-refractivity contribution < 1.29 is 14.7 Å². The fourth-order valence-electron chi connectivity index (χ4n) is 2.31. The van der Waals surface area contributed by atoms with Crippen LogP contribution in [0, 0.1) is 5.92 Å². The minimum absolute atomic E-state index is 0.0527. The maximum atomic E-state index is 11.6. The monoisotopic (exact) mass is 272 g/mol. The zero-order valence-electron chi connectivity index (χ0n) is 12.6. The van der Waals surface area contributed by atoms with Crippen LogP contribution < -0.4 is 5.32 Å². The molecule has 1 unspecified atom stereocenters. The second-order valence-corrected chi connectivity index (χ2v) is 5.16. The van der Waals surface area contributed by atoms with Crippen LogP contribution in [-0.2, 0) is 9.59 Å². The van der Waals surface area contributed by atoms with Crippen molar-refractivity contribution in [3.05, 3.63) is 0 Å². The van der Waals surface area contributed by atoms with Gasteiger partial charge in [0.15, 0.2) is 0 Å². The molecule has 0 bridgehead atoms. The maximum Gasteiger partial charge on any atom is 0.303 e. The Morgan fingerprint density at radius 2 is 1.74 bits per heavy atom. The van der Waals surface area contributed by atoms with Crippen molar-refractivity contribution in [2.75, 3.05) is 20.6 Å². The number of rotatable bonds is 10. The lowest BCUT2D eigenvalue weighted by atomic mass is 9.93. The van der Waals surface area contributed by atoms with Gasteiger partial charge in [-0.15, -0.1) is 0 Å². The number of carbonyl (C=O) groups excluding carboxylic acids is 1. The van der Waals surface area contributed by atoms with Crippen LogP contribution in [0.15, 0.2) is 0 Å². The van der Waals surface area contributed by atoms with Gasteiger partial charge in [0.2, 0.25) is 5.91 Å². The van der Waals surface area contributed by atoms with Crippen molar-refractivity contribution in [1.82, 2.24) is 10.2 Å². The van der Waals surface area contributed by atoms with Crippen LogP contribution >= 0.6 is 0 Å². The van der Waals surface area contributed by atoms with Crippen molar-refractivity contribution in [1.29, 1.82) is 0 Å². The summed E-state index contributed by atoms with van der Waals surface area (Å²) >= 11 is 0. The minimum Gasteiger partial charge on any atom is -0.481 e. The number of amides is 1. The first-order valence-corrected chi connectivity index (χ1v) is 7.07. The quantitative estimate of drug-likeness (QED) is 0.635. The average molecular weight is 272 g/mol. The summed E-state index contributed by atoms with van der Waals surface area (Å²) in [5.41, 5.74) is 0. The number of carbonyl (C=O) groups is 2. The van der Waals surface area contributed by atoms with Gasteiger partial charge in [-0.1, -0.05) is 26.7 Å². The Balaban J connectivity index is 4.10. The zero-order chi connectivity index (χ0) is 14.8. The molecule has 0 aromatic heterocycles. The lowest BCUT2D eigenvalue weighted by molar-refractivity contribution is -0.137. The lowest BCUT2D eigenvalue weighted by Gasteiger charge is -2.31. The molecule has 0 spiro atoms. The topological polar surface area (TPSA) is 69.6 Å². The summed E-state index contributed by atoms with van der Waals surface area (Å²) in [6.45, 7) is 4.96. The predicted molar refractivity (Wildman–Crippen MR) is 76.0 cm³/mol. The summed E-state index contributed by atoms with van der Waals surface area (Å²) in [7, 11) is 4.05. The van der Waals surface area contributed by atoms with E-state index in [0.717, 1.165) is 12.8 Å². The Morgan fingerprint density at radius 1 is 1.16 bits per heavy atom. The second kappa shape index (κ2) is 9.78. The molecule has 0 rings (SSSR count). The van der Waals surface area contributed by atoms with E-state index in [9.17, 15) is 9.59 Å². The van der Waals surface area contributed by atoms with Gasteiger partial charge in [0, 0.05) is 25.4 Å². The van der Waals surface area contributed by atoms with Gasteiger partial charge >= 0.3 is 5.97 Å². The van der Waals surface area contributed by atoms with Crippen molar-refractivity contribution >= 4 is 11.9 Å². The van der Waals surface area contributed by atoms with E-state index in [4.69, 9.17) is 5.11 Å². The van der Waals surface area contributed by atoms with E-state index >= 15 is 0 Å². The number of carboxylic acids is 1. The van der Waals surface area contributed by atoms with Crippen LogP contribution in [0.1, 0.15) is 46.0 Å². The van der Waals surface area contributed by atoms with Gasteiger partial charge in [-0.05, 0) is 26.4 Å². The number of likely N-dealkylation sites (N-methyl/N-ethyl adjacent to an activating group) is 1. The summed E-state index contributed by atoms with van der Waals surface area (Å²) in [5.74, 6) is -0.343. The van der Waals surface area contributed by atoms with Crippen LogP contribution in [0.25, 0.3) is 0 Å². The van der Waals surface area contributed by atoms with Crippen LogP contribution in [0.5, 0.6) is 0 Å². The Kier molecular flexibility index (Phi) is 9.21. The molecule has 0 heterocycles. The highest BCUT2D eigenvalue weighted by atomic mass is 16.4. The van der Waals surface area contributed by atoms with Crippen LogP contribution in [-0.4, -0.2) is 48.6 Å². The second-order valence-electron chi connectivity index (χ2n) is 5.16. The maximum absolute atomic E-state index is 11.6. The molecule has 112 valence electrons. The molecule has 0 aliphatic rings. The number of carboxylic acid groups (broad SMARTS) is 1. The number of hydrogen-bond donors (Lipinski definition) is 2. The first-order chi connectivity index (χ1) is 8.92. The molecule has 0 aromatic carbocycles. The molecular formula is C14H28N2O3. The van der Waals surface area contributed by atoms with Gasteiger partial charge in [0.1, 0.15) is 0 Å². The molecule has 5 nitrogen and oxygen atoms in total. The van der Waals surface area contributed by atoms with E-state index in [1.165, 1.54) is 0 Å². The van der Waals surface area contributed by atoms with Crippen molar-refractivity contribution in [2.45, 2.75) is 52.0 Å². The van der Waals surface area contributed by atoms with Gasteiger partial charge in [0.25, 0.3) is 0 Å². The Bertz CT molecular complexity index is 276. The van der Waals surface area contributed by atoms with Crippen LogP contribution in [0.4, 0.5) is 0 Å². The minimum atomic E-state index is -0.851. The fourth-order valence-corrected chi connectivity index (χ4v) is 2.31. The third-order valence-electron chi connectivity index (χ3n) is 3.56. The number of nitrogens with one attached hydrogen (secondary N) is 1. The largest absolute Gasteiger partial charge is 0.481 e. The Labute approximate surface area is 116 Å². The summed E-state index contributed by atoms with van der Waals surface area (Å²) < 4.78 is 0. The molecular weight excluding hydrogens is 244 g/mol. The molecule has 1 amide bonds. The highest BCUT2D eigenvalue weighted by Crippen LogP contribution is 2.16. The van der Waals surface area contributed by atoms with Gasteiger partial charge in [-0.3, -0.25) is 9.59 Å². The molecule has 1 atom stereocenters. The molecule has 5 heteroatoms. The van der Waals surface area contributed by atoms with Crippen molar-refractivity contribution in [3.63, 3.8) is 0 Å². The smallest absolute Gasteiger partial charge is 0.303 e. The fraction of sp³-hybridized carbons (Fsp3) is 0.857. The van der Waals surface area contributed by atoms with Gasteiger partial charge < -0.3 is 15.3 Å². The predicted octanol–water partition coefficient (Wildman–Crippen LogP) is 1.72. The molecule has 2 N–H and O–H groups in total. The molecule has 0 saturated carbocycles. The normalized spacial score (nSPS) is 12.7.